The predicted octanol–water partition coefficient (Wildman–Crippen LogP) is 2.82. The zero-order chi connectivity index (χ0) is 18.3. The van der Waals surface area contributed by atoms with Crippen LogP contribution in [0, 0.1) is 5.82 Å². The second-order valence-electron chi connectivity index (χ2n) is 6.47. The van der Waals surface area contributed by atoms with E-state index in [1.807, 2.05) is 30.3 Å². The molecular formula is C20H18FN3O2. The first-order chi connectivity index (χ1) is 12.6. The first-order valence-electron chi connectivity index (χ1n) is 8.41. The molecule has 1 atom stereocenters. The van der Waals surface area contributed by atoms with Crippen molar-refractivity contribution in [2.45, 2.75) is 12.6 Å². The lowest BCUT2D eigenvalue weighted by molar-refractivity contribution is -0.126. The van der Waals surface area contributed by atoms with Crippen molar-refractivity contribution in [3.8, 4) is 0 Å². The number of amides is 3. The minimum atomic E-state index is -0.775. The Morgan fingerprint density at radius 1 is 1.08 bits per heavy atom. The van der Waals surface area contributed by atoms with Gasteiger partial charge < -0.3 is 10.2 Å². The van der Waals surface area contributed by atoms with E-state index in [1.54, 1.807) is 30.1 Å². The van der Waals surface area contributed by atoms with Crippen molar-refractivity contribution in [1.29, 1.82) is 0 Å². The summed E-state index contributed by atoms with van der Waals surface area (Å²) in [5.74, 6) is -0.618. The number of nitrogens with one attached hydrogen (secondary N) is 1. The molecule has 0 radical (unpaired) electrons. The largest absolute Gasteiger partial charge is 0.329 e. The van der Waals surface area contributed by atoms with Crippen molar-refractivity contribution in [3.63, 3.8) is 0 Å². The molecule has 2 aliphatic rings. The molecule has 3 amide bonds. The van der Waals surface area contributed by atoms with Gasteiger partial charge in [-0.1, -0.05) is 48.5 Å². The SMILES string of the molecule is CN1C(=O)N[C@H](c2ccccc2F)C2=C1CN(Cc1ccccc1)C2=O. The molecular weight excluding hydrogens is 333 g/mol. The van der Waals surface area contributed by atoms with Gasteiger partial charge in [-0.15, -0.1) is 0 Å². The van der Waals surface area contributed by atoms with Crippen molar-refractivity contribution in [2.24, 2.45) is 0 Å². The van der Waals surface area contributed by atoms with Gasteiger partial charge in [0, 0.05) is 19.2 Å². The molecule has 0 saturated heterocycles. The van der Waals surface area contributed by atoms with Crippen LogP contribution >= 0.6 is 0 Å². The third-order valence-electron chi connectivity index (χ3n) is 4.87. The van der Waals surface area contributed by atoms with Gasteiger partial charge in [-0.05, 0) is 11.6 Å². The lowest BCUT2D eigenvalue weighted by Gasteiger charge is -2.31. The summed E-state index contributed by atoms with van der Waals surface area (Å²) >= 11 is 0. The Balaban J connectivity index is 1.70. The maximum atomic E-state index is 14.3. The Morgan fingerprint density at radius 3 is 2.50 bits per heavy atom. The normalized spacial score (nSPS) is 19.7. The highest BCUT2D eigenvalue weighted by Crippen LogP contribution is 2.36. The zero-order valence-corrected chi connectivity index (χ0v) is 14.3. The molecule has 0 aliphatic carbocycles. The van der Waals surface area contributed by atoms with E-state index in [-0.39, 0.29) is 11.9 Å². The van der Waals surface area contributed by atoms with Crippen LogP contribution < -0.4 is 5.32 Å². The summed E-state index contributed by atoms with van der Waals surface area (Å²) in [5.41, 5.74) is 2.37. The van der Waals surface area contributed by atoms with Crippen LogP contribution in [0.4, 0.5) is 9.18 Å². The van der Waals surface area contributed by atoms with Crippen LogP contribution in [0.25, 0.3) is 0 Å². The maximum Gasteiger partial charge on any atom is 0.322 e. The molecule has 0 aromatic heterocycles. The fourth-order valence-electron chi connectivity index (χ4n) is 3.50. The van der Waals surface area contributed by atoms with E-state index in [0.29, 0.717) is 29.9 Å². The second kappa shape index (κ2) is 6.29. The summed E-state index contributed by atoms with van der Waals surface area (Å²) in [6.07, 6.45) is 0. The highest BCUT2D eigenvalue weighted by molar-refractivity contribution is 6.01. The van der Waals surface area contributed by atoms with Crippen LogP contribution in [0.2, 0.25) is 0 Å². The van der Waals surface area contributed by atoms with Crippen LogP contribution in [0.5, 0.6) is 0 Å². The van der Waals surface area contributed by atoms with Crippen LogP contribution in [0.3, 0.4) is 0 Å². The minimum Gasteiger partial charge on any atom is -0.329 e. The van der Waals surface area contributed by atoms with Gasteiger partial charge in [0.2, 0.25) is 0 Å². The molecule has 6 heteroatoms. The Bertz CT molecular complexity index is 910. The number of halogens is 1. The third kappa shape index (κ3) is 2.63. The van der Waals surface area contributed by atoms with Crippen LogP contribution in [0.15, 0.2) is 65.9 Å². The van der Waals surface area contributed by atoms with E-state index in [2.05, 4.69) is 5.32 Å². The summed E-state index contributed by atoms with van der Waals surface area (Å²) < 4.78 is 14.3. The maximum absolute atomic E-state index is 14.3. The van der Waals surface area contributed by atoms with E-state index in [0.717, 1.165) is 5.56 Å². The molecule has 5 nitrogen and oxygen atoms in total. The predicted molar refractivity (Wildman–Crippen MR) is 94.3 cm³/mol. The van der Waals surface area contributed by atoms with Crippen molar-refractivity contribution >= 4 is 11.9 Å². The van der Waals surface area contributed by atoms with E-state index < -0.39 is 11.9 Å². The molecule has 0 saturated carbocycles. The quantitative estimate of drug-likeness (QED) is 0.925. The number of likely N-dealkylation sites (N-methyl/N-ethyl adjacent to an activating group) is 1. The number of rotatable bonds is 3. The van der Waals surface area contributed by atoms with E-state index in [4.69, 9.17) is 0 Å². The van der Waals surface area contributed by atoms with Crippen LogP contribution in [0.1, 0.15) is 17.2 Å². The fourth-order valence-corrected chi connectivity index (χ4v) is 3.50. The Morgan fingerprint density at radius 2 is 1.77 bits per heavy atom. The Hall–Kier alpha value is -3.15. The first kappa shape index (κ1) is 16.3. The van der Waals surface area contributed by atoms with Gasteiger partial charge in [-0.2, -0.15) is 0 Å². The van der Waals surface area contributed by atoms with Gasteiger partial charge in [-0.3, -0.25) is 9.69 Å². The molecule has 0 fully saturated rings. The van der Waals surface area contributed by atoms with Crippen molar-refractivity contribution in [2.75, 3.05) is 13.6 Å². The summed E-state index contributed by atoms with van der Waals surface area (Å²) in [6, 6.07) is 14.8. The Kier molecular flexibility index (Phi) is 3.95. The molecule has 2 heterocycles. The highest BCUT2D eigenvalue weighted by Gasteiger charge is 2.43. The number of hydrogen-bond acceptors (Lipinski definition) is 2. The molecule has 0 bridgehead atoms. The number of hydrogen-bond donors (Lipinski definition) is 1. The molecule has 2 aliphatic heterocycles. The molecule has 26 heavy (non-hydrogen) atoms. The summed E-state index contributed by atoms with van der Waals surface area (Å²) in [6.45, 7) is 0.774. The van der Waals surface area contributed by atoms with Crippen molar-refractivity contribution in [1.82, 2.24) is 15.1 Å². The van der Waals surface area contributed by atoms with Gasteiger partial charge in [0.25, 0.3) is 5.91 Å². The van der Waals surface area contributed by atoms with Gasteiger partial charge in [-0.25, -0.2) is 9.18 Å². The monoisotopic (exact) mass is 351 g/mol. The van der Waals surface area contributed by atoms with Gasteiger partial charge in [0.1, 0.15) is 5.82 Å². The molecule has 0 unspecified atom stereocenters. The van der Waals surface area contributed by atoms with Crippen molar-refractivity contribution in [3.05, 3.63) is 82.8 Å². The fraction of sp³-hybridized carbons (Fsp3) is 0.200. The third-order valence-corrected chi connectivity index (χ3v) is 4.87. The number of carbonyl (C=O) groups excluding carboxylic acids is 2. The number of nitrogens with zero attached hydrogens (tertiary/aromatic N) is 2. The van der Waals surface area contributed by atoms with Crippen molar-refractivity contribution < 1.29 is 14.0 Å². The highest BCUT2D eigenvalue weighted by atomic mass is 19.1. The zero-order valence-electron chi connectivity index (χ0n) is 14.3. The molecule has 4 rings (SSSR count). The van der Waals surface area contributed by atoms with Crippen LogP contribution in [-0.4, -0.2) is 35.3 Å². The number of carbonyl (C=O) groups is 2. The first-order valence-corrected chi connectivity index (χ1v) is 8.41. The van der Waals surface area contributed by atoms with E-state index >= 15 is 0 Å². The molecule has 2 aromatic rings. The summed E-state index contributed by atoms with van der Waals surface area (Å²) in [4.78, 5) is 28.5. The molecule has 1 N–H and O–H groups in total. The average Bonchev–Trinajstić information content (AvgIpc) is 2.97. The van der Waals surface area contributed by atoms with Gasteiger partial charge >= 0.3 is 6.03 Å². The molecule has 2 aromatic carbocycles. The topological polar surface area (TPSA) is 52.7 Å². The average molecular weight is 351 g/mol. The smallest absolute Gasteiger partial charge is 0.322 e. The minimum absolute atomic E-state index is 0.177. The number of urea groups is 1. The van der Waals surface area contributed by atoms with Gasteiger partial charge in [0.15, 0.2) is 0 Å². The lowest BCUT2D eigenvalue weighted by Crippen LogP contribution is -2.45. The van der Waals surface area contributed by atoms with Crippen LogP contribution in [-0.2, 0) is 11.3 Å². The lowest BCUT2D eigenvalue weighted by atomic mass is 9.95. The standard InChI is InChI=1S/C20H18FN3O2/c1-23-16-12-24(11-13-7-3-2-4-8-13)19(25)17(16)18(22-20(23)26)14-9-5-6-10-15(14)21/h2-10,18H,11-12H2,1H3,(H,22,26)/t18-/m1/s1. The summed E-state index contributed by atoms with van der Waals surface area (Å²) in [7, 11) is 1.63. The van der Waals surface area contributed by atoms with E-state index in [9.17, 15) is 14.0 Å². The Labute approximate surface area is 150 Å². The van der Waals surface area contributed by atoms with Gasteiger partial charge in [0.05, 0.1) is 23.9 Å². The molecule has 0 spiro atoms. The number of benzene rings is 2. The second-order valence-corrected chi connectivity index (χ2v) is 6.47. The summed E-state index contributed by atoms with van der Waals surface area (Å²) in [5, 5.41) is 2.75. The van der Waals surface area contributed by atoms with E-state index in [1.165, 1.54) is 11.0 Å². The molecule has 132 valence electrons.